The van der Waals surface area contributed by atoms with E-state index in [2.05, 4.69) is 27.7 Å². The van der Waals surface area contributed by atoms with Crippen LogP contribution < -0.4 is 5.01 Å². The molecule has 5 heteroatoms. The highest BCUT2D eigenvalue weighted by atomic mass is 32.1. The Morgan fingerprint density at radius 3 is 3.18 bits per heavy atom. The van der Waals surface area contributed by atoms with Crippen molar-refractivity contribution in [1.29, 1.82) is 0 Å². The fraction of sp³-hybridized carbons (Fsp3) is 0.167. The van der Waals surface area contributed by atoms with Crippen molar-refractivity contribution in [2.75, 3.05) is 0 Å². The highest BCUT2D eigenvalue weighted by Gasteiger charge is 2.08. The van der Waals surface area contributed by atoms with Crippen LogP contribution in [-0.4, -0.2) is 9.97 Å². The second kappa shape index (κ2) is 4.27. The third-order valence-corrected chi connectivity index (χ3v) is 3.52. The summed E-state index contributed by atoms with van der Waals surface area (Å²) in [6.07, 6.45) is 7.79. The fourth-order valence-electron chi connectivity index (χ4n) is 1.65. The number of allylic oxidation sites excluding steroid dienone is 2. The van der Waals surface area contributed by atoms with Gasteiger partial charge in [-0.25, -0.2) is 9.97 Å². The van der Waals surface area contributed by atoms with Crippen molar-refractivity contribution in [2.24, 2.45) is 0 Å². The predicted octanol–water partition coefficient (Wildman–Crippen LogP) is 1.80. The Morgan fingerprint density at radius 2 is 2.41 bits per heavy atom. The van der Waals surface area contributed by atoms with Crippen LogP contribution >= 0.6 is 11.3 Å². The molecular formula is C12H12N4S. The maximum atomic E-state index is 4.50. The molecule has 86 valence electrons. The molecule has 0 aromatic carbocycles. The molecule has 0 amide bonds. The molecule has 0 spiro atoms. The van der Waals surface area contributed by atoms with Gasteiger partial charge in [0.1, 0.15) is 6.54 Å². The van der Waals surface area contributed by atoms with Gasteiger partial charge in [-0.3, -0.25) is 0 Å². The number of nitrogens with zero attached hydrogens (tertiary/aromatic N) is 3. The van der Waals surface area contributed by atoms with Crippen molar-refractivity contribution in [3.05, 3.63) is 52.8 Å². The third-order valence-electron chi connectivity index (χ3n) is 2.51. The standard InChI is InChI=1S/C12H12N4S/c1-9-4-6-16(14-7-9)8-11-15-12-10(17-11)3-2-5-13-12/h2-7,16H,8H2,1H3. The maximum absolute atomic E-state index is 4.50. The number of rotatable bonds is 2. The van der Waals surface area contributed by atoms with E-state index in [9.17, 15) is 0 Å². The lowest BCUT2D eigenvalue weighted by atomic mass is 10.3. The molecule has 0 saturated carbocycles. The number of pyridine rings is 1. The first-order valence-corrected chi connectivity index (χ1v) is 6.25. The zero-order valence-electron chi connectivity index (χ0n) is 9.42. The highest BCUT2D eigenvalue weighted by Crippen LogP contribution is 2.19. The van der Waals surface area contributed by atoms with E-state index in [0.717, 1.165) is 26.9 Å². The van der Waals surface area contributed by atoms with Crippen LogP contribution in [0.15, 0.2) is 42.4 Å². The van der Waals surface area contributed by atoms with Crippen LogP contribution in [0.2, 0.25) is 0 Å². The van der Waals surface area contributed by atoms with Crippen molar-refractivity contribution in [3.63, 3.8) is 0 Å². The van der Waals surface area contributed by atoms with Crippen molar-refractivity contribution < 1.29 is 5.01 Å². The molecule has 0 radical (unpaired) electrons. The molecule has 1 aliphatic rings. The summed E-state index contributed by atoms with van der Waals surface area (Å²) in [4.78, 5) is 8.73. The summed E-state index contributed by atoms with van der Waals surface area (Å²) in [5, 5.41) is 2.12. The third kappa shape index (κ3) is 2.20. The minimum atomic E-state index is 0.779. The zero-order valence-corrected chi connectivity index (χ0v) is 10.2. The van der Waals surface area contributed by atoms with Gasteiger partial charge in [-0.1, -0.05) is 5.57 Å². The largest absolute Gasteiger partial charge is 0.490 e. The molecule has 1 unspecified atom stereocenters. The quantitative estimate of drug-likeness (QED) is 0.875. The zero-order chi connectivity index (χ0) is 11.7. The Balaban J connectivity index is 1.79. The first-order valence-electron chi connectivity index (χ1n) is 5.43. The molecule has 17 heavy (non-hydrogen) atoms. The minimum absolute atomic E-state index is 0.779. The first-order chi connectivity index (χ1) is 8.31. The molecule has 0 bridgehead atoms. The van der Waals surface area contributed by atoms with Gasteiger partial charge in [-0.15, -0.1) is 17.5 Å². The lowest BCUT2D eigenvalue weighted by molar-refractivity contribution is -0.819. The predicted molar refractivity (Wildman–Crippen MR) is 68.3 cm³/mol. The Hall–Kier alpha value is -1.72. The van der Waals surface area contributed by atoms with E-state index in [1.165, 1.54) is 5.57 Å². The van der Waals surface area contributed by atoms with Crippen LogP contribution in [0.1, 0.15) is 11.9 Å². The van der Waals surface area contributed by atoms with E-state index in [1.54, 1.807) is 17.5 Å². The summed E-state index contributed by atoms with van der Waals surface area (Å²) in [6.45, 7) is 2.82. The smallest absolute Gasteiger partial charge is 0.170 e. The summed E-state index contributed by atoms with van der Waals surface area (Å²) in [7, 11) is 0. The number of quaternary nitrogens is 1. The van der Waals surface area contributed by atoms with Gasteiger partial charge in [0, 0.05) is 6.20 Å². The monoisotopic (exact) mass is 244 g/mol. The molecule has 0 fully saturated rings. The van der Waals surface area contributed by atoms with Gasteiger partial charge in [-0.2, -0.15) is 0 Å². The minimum Gasteiger partial charge on any atom is -0.490 e. The molecular weight excluding hydrogens is 232 g/mol. The molecule has 4 nitrogen and oxygen atoms in total. The molecule has 0 aliphatic carbocycles. The molecule has 1 N–H and O–H groups in total. The molecule has 2 aromatic rings. The summed E-state index contributed by atoms with van der Waals surface area (Å²) >= 11 is 1.68. The van der Waals surface area contributed by atoms with Crippen LogP contribution in [0.3, 0.4) is 0 Å². The molecule has 1 atom stereocenters. The Bertz CT molecular complexity index is 566. The van der Waals surface area contributed by atoms with Gasteiger partial charge >= 0.3 is 0 Å². The SMILES string of the molecule is CC1=C[N-][NH+](Cc2nc3ncccc3s2)C=C1. The Labute approximate surface area is 103 Å². The van der Waals surface area contributed by atoms with Crippen molar-refractivity contribution in [2.45, 2.75) is 13.5 Å². The van der Waals surface area contributed by atoms with E-state index in [4.69, 9.17) is 0 Å². The normalized spacial score (nSPS) is 19.1. The summed E-state index contributed by atoms with van der Waals surface area (Å²) in [5.41, 5.74) is 6.40. The maximum Gasteiger partial charge on any atom is 0.170 e. The topological polar surface area (TPSA) is 44.3 Å². The average molecular weight is 244 g/mol. The molecule has 0 saturated heterocycles. The number of aromatic nitrogens is 2. The van der Waals surface area contributed by atoms with Gasteiger partial charge in [0.25, 0.3) is 0 Å². The Kier molecular flexibility index (Phi) is 2.62. The van der Waals surface area contributed by atoms with Gasteiger partial charge in [0.05, 0.1) is 10.9 Å². The summed E-state index contributed by atoms with van der Waals surface area (Å²) in [5.74, 6) is 0. The lowest BCUT2D eigenvalue weighted by Gasteiger charge is -2.28. The van der Waals surface area contributed by atoms with Crippen molar-refractivity contribution >= 4 is 21.7 Å². The number of fused-ring (bicyclic) bond motifs is 1. The summed E-state index contributed by atoms with van der Waals surface area (Å²) < 4.78 is 1.13. The number of hydrogen-bond donors (Lipinski definition) is 1. The molecule has 2 aromatic heterocycles. The van der Waals surface area contributed by atoms with E-state index < -0.39 is 0 Å². The molecule has 3 heterocycles. The fourth-order valence-corrected chi connectivity index (χ4v) is 2.59. The second-order valence-corrected chi connectivity index (χ2v) is 5.05. The van der Waals surface area contributed by atoms with Gasteiger partial charge in [0.2, 0.25) is 0 Å². The first kappa shape index (κ1) is 10.4. The van der Waals surface area contributed by atoms with Crippen LogP contribution in [0.5, 0.6) is 0 Å². The second-order valence-electron chi connectivity index (χ2n) is 3.94. The van der Waals surface area contributed by atoms with Gasteiger partial charge < -0.3 is 10.4 Å². The van der Waals surface area contributed by atoms with Crippen molar-refractivity contribution in [3.8, 4) is 0 Å². The van der Waals surface area contributed by atoms with Crippen LogP contribution in [0, 0.1) is 0 Å². The van der Waals surface area contributed by atoms with E-state index in [-0.39, 0.29) is 0 Å². The molecule has 3 rings (SSSR count). The highest BCUT2D eigenvalue weighted by molar-refractivity contribution is 7.18. The molecule has 1 aliphatic heterocycles. The van der Waals surface area contributed by atoms with E-state index in [0.29, 0.717) is 0 Å². The van der Waals surface area contributed by atoms with Gasteiger partial charge in [0.15, 0.2) is 10.7 Å². The van der Waals surface area contributed by atoms with Crippen molar-refractivity contribution in [1.82, 2.24) is 9.97 Å². The lowest BCUT2D eigenvalue weighted by Crippen LogP contribution is -3.01. The average Bonchev–Trinajstić information content (AvgIpc) is 2.74. The number of hydrogen-bond acceptors (Lipinski definition) is 3. The van der Waals surface area contributed by atoms with Crippen LogP contribution in [0.25, 0.3) is 15.8 Å². The Morgan fingerprint density at radius 1 is 1.47 bits per heavy atom. The number of thiazole rings is 1. The van der Waals surface area contributed by atoms with E-state index >= 15 is 0 Å². The van der Waals surface area contributed by atoms with Gasteiger partial charge in [-0.05, 0) is 25.1 Å². The van der Waals surface area contributed by atoms with Crippen LogP contribution in [-0.2, 0) is 6.54 Å². The van der Waals surface area contributed by atoms with Crippen LogP contribution in [0.4, 0.5) is 0 Å². The summed E-state index contributed by atoms with van der Waals surface area (Å²) in [6, 6.07) is 3.99. The number of nitrogens with one attached hydrogen (secondary N) is 1. The van der Waals surface area contributed by atoms with E-state index in [1.807, 2.05) is 25.3 Å².